The van der Waals surface area contributed by atoms with E-state index in [0.29, 0.717) is 66.7 Å². The summed E-state index contributed by atoms with van der Waals surface area (Å²) in [7, 11) is 1.81. The monoisotopic (exact) mass is 580 g/mol. The van der Waals surface area contributed by atoms with E-state index in [9.17, 15) is 9.59 Å². The van der Waals surface area contributed by atoms with Crippen LogP contribution in [-0.4, -0.2) is 75.5 Å². The van der Waals surface area contributed by atoms with Crippen LogP contribution < -0.4 is 19.9 Å². The lowest BCUT2D eigenvalue weighted by Crippen LogP contribution is -2.42. The lowest BCUT2D eigenvalue weighted by Gasteiger charge is -2.35. The SMILES string of the molecule is CN1CCc2cc(Nc3cc4c(cn3)CCN(c3cnc5c(c3Cl)N(C(=O)OC(C)(C)C)CCO5)C4)nn2CC1=O. The third-order valence-corrected chi connectivity index (χ3v) is 7.72. The number of ether oxygens (including phenoxy) is 2. The van der Waals surface area contributed by atoms with Gasteiger partial charge in [-0.05, 0) is 44.4 Å². The lowest BCUT2D eigenvalue weighted by molar-refractivity contribution is -0.130. The van der Waals surface area contributed by atoms with Crippen molar-refractivity contribution in [2.24, 2.45) is 0 Å². The number of likely N-dealkylation sites (N-methyl/N-ethyl adjacent to an activating group) is 1. The summed E-state index contributed by atoms with van der Waals surface area (Å²) in [6.45, 7) is 8.30. The topological polar surface area (TPSA) is 118 Å². The molecular weight excluding hydrogens is 548 g/mol. The van der Waals surface area contributed by atoms with Crippen molar-refractivity contribution in [1.29, 1.82) is 0 Å². The zero-order valence-corrected chi connectivity index (χ0v) is 24.4. The van der Waals surface area contributed by atoms with Gasteiger partial charge in [0.05, 0.1) is 23.5 Å². The Labute approximate surface area is 243 Å². The smallest absolute Gasteiger partial charge is 0.415 e. The maximum Gasteiger partial charge on any atom is 0.415 e. The molecule has 0 saturated carbocycles. The standard InChI is InChI=1S/C28H33ClN8O4/c1-28(2,3)41-27(39)36-9-10-40-26-25(36)24(29)20(14-31-26)35-8-5-17-13-30-21(11-18(17)15-35)32-22-12-19-6-7-34(4)23(38)16-37(19)33-22/h11-14H,5-10,15-16H2,1-4H3,(H,30,32,33). The number of carbonyl (C=O) groups is 2. The van der Waals surface area contributed by atoms with Crippen LogP contribution >= 0.6 is 11.6 Å². The van der Waals surface area contributed by atoms with Gasteiger partial charge in [0, 0.05) is 51.1 Å². The van der Waals surface area contributed by atoms with Crippen LogP contribution in [0.5, 0.6) is 5.88 Å². The van der Waals surface area contributed by atoms with E-state index in [2.05, 4.69) is 25.3 Å². The minimum absolute atomic E-state index is 0.0431. The Kier molecular flexibility index (Phi) is 6.88. The number of nitrogens with zero attached hydrogens (tertiary/aromatic N) is 7. The molecule has 1 N–H and O–H groups in total. The highest BCUT2D eigenvalue weighted by Gasteiger charge is 2.33. The normalized spacial score (nSPS) is 16.8. The van der Waals surface area contributed by atoms with Gasteiger partial charge < -0.3 is 24.6 Å². The molecule has 0 bridgehead atoms. The molecule has 3 aliphatic heterocycles. The Bertz CT molecular complexity index is 1520. The van der Waals surface area contributed by atoms with Crippen LogP contribution in [0.4, 0.5) is 27.8 Å². The van der Waals surface area contributed by atoms with Gasteiger partial charge in [-0.25, -0.2) is 14.8 Å². The molecule has 0 aliphatic carbocycles. The summed E-state index contributed by atoms with van der Waals surface area (Å²) in [5.41, 5.74) is 3.76. The zero-order chi connectivity index (χ0) is 28.9. The molecule has 6 heterocycles. The van der Waals surface area contributed by atoms with Gasteiger partial charge in [-0.2, -0.15) is 5.10 Å². The molecule has 2 amide bonds. The summed E-state index contributed by atoms with van der Waals surface area (Å²) < 4.78 is 13.1. The molecule has 0 atom stereocenters. The second-order valence-corrected chi connectivity index (χ2v) is 11.8. The first kappa shape index (κ1) is 27.1. The quantitative estimate of drug-likeness (QED) is 0.494. The van der Waals surface area contributed by atoms with E-state index in [-0.39, 0.29) is 12.5 Å². The number of hydrogen-bond acceptors (Lipinski definition) is 9. The summed E-state index contributed by atoms with van der Waals surface area (Å²) in [5.74, 6) is 1.68. The van der Waals surface area contributed by atoms with Crippen molar-refractivity contribution in [3.8, 4) is 5.88 Å². The fourth-order valence-corrected chi connectivity index (χ4v) is 5.56. The number of pyridine rings is 2. The molecule has 3 aliphatic rings. The molecule has 0 aromatic carbocycles. The van der Waals surface area contributed by atoms with Gasteiger partial charge in [0.1, 0.15) is 30.3 Å². The fourth-order valence-electron chi connectivity index (χ4n) is 5.21. The molecule has 12 nitrogen and oxygen atoms in total. The second kappa shape index (κ2) is 10.4. The third-order valence-electron chi connectivity index (χ3n) is 7.35. The summed E-state index contributed by atoms with van der Waals surface area (Å²) in [6.07, 6.45) is 4.62. The molecule has 216 valence electrons. The van der Waals surface area contributed by atoms with Crippen molar-refractivity contribution >= 4 is 46.6 Å². The molecule has 13 heteroatoms. The predicted molar refractivity (Wildman–Crippen MR) is 154 cm³/mol. The number of halogens is 1. The van der Waals surface area contributed by atoms with Crippen LogP contribution in [0.3, 0.4) is 0 Å². The van der Waals surface area contributed by atoms with E-state index >= 15 is 0 Å². The average Bonchev–Trinajstić information content (AvgIpc) is 3.24. The van der Waals surface area contributed by atoms with Gasteiger partial charge in [-0.1, -0.05) is 11.6 Å². The Morgan fingerprint density at radius 3 is 2.68 bits per heavy atom. The Hall–Kier alpha value is -4.06. The summed E-state index contributed by atoms with van der Waals surface area (Å²) in [5, 5.41) is 8.29. The maximum atomic E-state index is 13.0. The predicted octanol–water partition coefficient (Wildman–Crippen LogP) is 3.78. The molecule has 0 spiro atoms. The van der Waals surface area contributed by atoms with E-state index in [1.54, 1.807) is 15.8 Å². The van der Waals surface area contributed by atoms with Gasteiger partial charge in [-0.3, -0.25) is 14.4 Å². The first-order valence-electron chi connectivity index (χ1n) is 13.7. The van der Waals surface area contributed by atoms with Gasteiger partial charge in [0.15, 0.2) is 5.82 Å². The number of aromatic nitrogens is 4. The van der Waals surface area contributed by atoms with Crippen LogP contribution in [0.25, 0.3) is 0 Å². The van der Waals surface area contributed by atoms with Crippen molar-refractivity contribution in [1.82, 2.24) is 24.6 Å². The molecular formula is C28H33ClN8O4. The summed E-state index contributed by atoms with van der Waals surface area (Å²) >= 11 is 6.94. The minimum atomic E-state index is -0.646. The summed E-state index contributed by atoms with van der Waals surface area (Å²) in [6, 6.07) is 3.98. The summed E-state index contributed by atoms with van der Waals surface area (Å²) in [4.78, 5) is 39.7. The molecule has 0 saturated heterocycles. The lowest BCUT2D eigenvalue weighted by atomic mass is 10.0. The van der Waals surface area contributed by atoms with Crippen molar-refractivity contribution in [2.75, 3.05) is 48.4 Å². The molecule has 0 radical (unpaired) electrons. The Morgan fingerprint density at radius 2 is 1.88 bits per heavy atom. The van der Waals surface area contributed by atoms with Gasteiger partial charge >= 0.3 is 6.09 Å². The molecule has 0 fully saturated rings. The van der Waals surface area contributed by atoms with Crippen LogP contribution in [-0.2, 0) is 35.5 Å². The molecule has 41 heavy (non-hydrogen) atoms. The number of amides is 2. The Balaban J connectivity index is 1.22. The van der Waals surface area contributed by atoms with Gasteiger partial charge in [0.25, 0.3) is 0 Å². The number of fused-ring (bicyclic) bond motifs is 3. The molecule has 0 unspecified atom stereocenters. The van der Waals surface area contributed by atoms with Gasteiger partial charge in [-0.15, -0.1) is 0 Å². The maximum absolute atomic E-state index is 13.0. The first-order valence-corrected chi connectivity index (χ1v) is 14.1. The minimum Gasteiger partial charge on any atom is -0.474 e. The van der Waals surface area contributed by atoms with Crippen LogP contribution in [0.2, 0.25) is 5.02 Å². The van der Waals surface area contributed by atoms with Crippen molar-refractivity contribution in [3.05, 3.63) is 46.4 Å². The third kappa shape index (κ3) is 5.48. The number of carbonyl (C=O) groups excluding carboxylic acids is 2. The van der Waals surface area contributed by atoms with Crippen LogP contribution in [0, 0.1) is 0 Å². The molecule has 6 rings (SSSR count). The second-order valence-electron chi connectivity index (χ2n) is 11.5. The number of nitrogens with one attached hydrogen (secondary N) is 1. The van der Waals surface area contributed by atoms with Crippen molar-refractivity contribution < 1.29 is 19.1 Å². The van der Waals surface area contributed by atoms with E-state index in [4.69, 9.17) is 21.1 Å². The highest BCUT2D eigenvalue weighted by atomic mass is 35.5. The number of rotatable bonds is 3. The van der Waals surface area contributed by atoms with Crippen LogP contribution in [0.15, 0.2) is 24.5 Å². The van der Waals surface area contributed by atoms with Crippen molar-refractivity contribution in [3.63, 3.8) is 0 Å². The van der Waals surface area contributed by atoms with Crippen molar-refractivity contribution in [2.45, 2.75) is 52.3 Å². The highest BCUT2D eigenvalue weighted by Crippen LogP contribution is 2.43. The number of hydrogen-bond donors (Lipinski definition) is 1. The van der Waals surface area contributed by atoms with E-state index in [0.717, 1.165) is 29.7 Å². The van der Waals surface area contributed by atoms with Gasteiger partial charge in [0.2, 0.25) is 11.8 Å². The highest BCUT2D eigenvalue weighted by molar-refractivity contribution is 6.36. The largest absolute Gasteiger partial charge is 0.474 e. The van der Waals surface area contributed by atoms with E-state index in [1.165, 1.54) is 4.90 Å². The fraction of sp³-hybridized carbons (Fsp3) is 0.464. The van der Waals surface area contributed by atoms with Crippen LogP contribution in [0.1, 0.15) is 37.6 Å². The number of anilines is 4. The molecule has 3 aromatic rings. The Morgan fingerprint density at radius 1 is 1.05 bits per heavy atom. The molecule has 3 aromatic heterocycles. The zero-order valence-electron chi connectivity index (χ0n) is 23.6. The van der Waals surface area contributed by atoms with E-state index in [1.807, 2.05) is 46.1 Å². The van der Waals surface area contributed by atoms with E-state index < -0.39 is 11.7 Å². The average molecular weight is 581 g/mol. The first-order chi connectivity index (χ1) is 19.6.